The summed E-state index contributed by atoms with van der Waals surface area (Å²) in [4.78, 5) is 5.60. The summed E-state index contributed by atoms with van der Waals surface area (Å²) in [6, 6.07) is 23.8. The molecule has 2 aliphatic carbocycles. The van der Waals surface area contributed by atoms with Crippen LogP contribution in [-0.2, 0) is 11.8 Å². The highest BCUT2D eigenvalue weighted by Gasteiger charge is 2.46. The second-order valence-corrected chi connectivity index (χ2v) is 11.3. The van der Waals surface area contributed by atoms with E-state index in [1.807, 2.05) is 0 Å². The van der Waals surface area contributed by atoms with Crippen LogP contribution in [0.4, 0.5) is 5.69 Å². The second-order valence-electron chi connectivity index (χ2n) is 11.3. The largest absolute Gasteiger partial charge is 0.370 e. The van der Waals surface area contributed by atoms with E-state index < -0.39 is 0 Å². The Morgan fingerprint density at radius 1 is 0.818 bits per heavy atom. The van der Waals surface area contributed by atoms with Gasteiger partial charge in [-0.25, -0.2) is 0 Å². The van der Waals surface area contributed by atoms with Crippen LogP contribution >= 0.6 is 0 Å². The lowest BCUT2D eigenvalue weighted by atomic mass is 9.74. The molecule has 0 aromatic heterocycles. The number of nitrogens with zero attached hydrogens (tertiary/aromatic N) is 2. The molecule has 33 heavy (non-hydrogen) atoms. The topological polar surface area (TPSA) is 6.48 Å². The van der Waals surface area contributed by atoms with Gasteiger partial charge >= 0.3 is 0 Å². The Labute approximate surface area is 198 Å². The van der Waals surface area contributed by atoms with Gasteiger partial charge in [-0.2, -0.15) is 0 Å². The Morgan fingerprint density at radius 2 is 1.61 bits per heavy atom. The fourth-order valence-electron chi connectivity index (χ4n) is 7.81. The molecule has 2 heterocycles. The Hall–Kier alpha value is -2.32. The van der Waals surface area contributed by atoms with Crippen LogP contribution in [0.1, 0.15) is 67.7 Å². The molecule has 1 unspecified atom stereocenters. The van der Waals surface area contributed by atoms with Crippen molar-refractivity contribution in [1.29, 1.82) is 0 Å². The standard InChI is InChI=1S/C31H36N2/c1-2-8-23(9-3-1)21-33-22-31(27-14-4-5-15-28(27)33)16-18-32(19-17-31)29-20-25-12-6-10-24-11-7-13-26(29)30(24)25/h4-7,10-15,23,29H,1-3,8-9,16-22H2. The van der Waals surface area contributed by atoms with E-state index in [2.05, 4.69) is 70.5 Å². The molecule has 2 aliphatic heterocycles. The molecule has 1 spiro atoms. The van der Waals surface area contributed by atoms with E-state index in [9.17, 15) is 0 Å². The molecule has 170 valence electrons. The number of likely N-dealkylation sites (tertiary alicyclic amines) is 1. The zero-order valence-electron chi connectivity index (χ0n) is 19.8. The monoisotopic (exact) mass is 436 g/mol. The van der Waals surface area contributed by atoms with Crippen molar-refractivity contribution < 1.29 is 0 Å². The van der Waals surface area contributed by atoms with Gasteiger partial charge in [-0.15, -0.1) is 0 Å². The summed E-state index contributed by atoms with van der Waals surface area (Å²) < 4.78 is 0. The fourth-order valence-corrected chi connectivity index (χ4v) is 7.81. The van der Waals surface area contributed by atoms with Crippen molar-refractivity contribution in [1.82, 2.24) is 4.90 Å². The van der Waals surface area contributed by atoms with Gasteiger partial charge < -0.3 is 4.90 Å². The second kappa shape index (κ2) is 7.87. The highest BCUT2D eigenvalue weighted by Crippen LogP contribution is 2.49. The van der Waals surface area contributed by atoms with Gasteiger partial charge in [0.1, 0.15) is 0 Å². The molecular formula is C31H36N2. The minimum Gasteiger partial charge on any atom is -0.370 e. The number of hydrogen-bond acceptors (Lipinski definition) is 2. The molecule has 0 bridgehead atoms. The Balaban J connectivity index is 1.12. The molecule has 1 saturated heterocycles. The van der Waals surface area contributed by atoms with Crippen molar-refractivity contribution in [3.05, 3.63) is 77.4 Å². The summed E-state index contributed by atoms with van der Waals surface area (Å²) in [6.45, 7) is 4.97. The smallest absolute Gasteiger partial charge is 0.0405 e. The van der Waals surface area contributed by atoms with Gasteiger partial charge in [-0.05, 0) is 84.6 Å². The molecule has 2 fully saturated rings. The van der Waals surface area contributed by atoms with Crippen molar-refractivity contribution in [2.24, 2.45) is 5.92 Å². The van der Waals surface area contributed by atoms with E-state index in [1.165, 1.54) is 88.3 Å². The van der Waals surface area contributed by atoms with E-state index in [-0.39, 0.29) is 0 Å². The quantitative estimate of drug-likeness (QED) is 0.442. The Bertz CT molecular complexity index is 1160. The predicted octanol–water partition coefficient (Wildman–Crippen LogP) is 6.87. The lowest BCUT2D eigenvalue weighted by Crippen LogP contribution is -2.46. The minimum absolute atomic E-state index is 0.360. The van der Waals surface area contributed by atoms with Crippen molar-refractivity contribution in [2.45, 2.75) is 62.8 Å². The maximum Gasteiger partial charge on any atom is 0.0405 e. The van der Waals surface area contributed by atoms with E-state index in [0.717, 1.165) is 5.92 Å². The number of para-hydroxylation sites is 1. The summed E-state index contributed by atoms with van der Waals surface area (Å²) in [6.07, 6.45) is 11.0. The predicted molar refractivity (Wildman–Crippen MR) is 138 cm³/mol. The summed E-state index contributed by atoms with van der Waals surface area (Å²) >= 11 is 0. The molecule has 3 aromatic rings. The maximum atomic E-state index is 2.81. The van der Waals surface area contributed by atoms with Gasteiger partial charge in [0.25, 0.3) is 0 Å². The van der Waals surface area contributed by atoms with Gasteiger partial charge in [-0.1, -0.05) is 73.9 Å². The first-order valence-electron chi connectivity index (χ1n) is 13.4. The molecule has 4 aliphatic rings. The number of rotatable bonds is 3. The minimum atomic E-state index is 0.360. The molecule has 1 saturated carbocycles. The number of hydrogen-bond donors (Lipinski definition) is 0. The lowest BCUT2D eigenvalue weighted by Gasteiger charge is -2.43. The molecule has 3 aromatic carbocycles. The summed E-state index contributed by atoms with van der Waals surface area (Å²) in [5.74, 6) is 0.902. The van der Waals surface area contributed by atoms with Crippen LogP contribution in [0, 0.1) is 5.92 Å². The molecule has 7 rings (SSSR count). The highest BCUT2D eigenvalue weighted by molar-refractivity contribution is 5.91. The summed E-state index contributed by atoms with van der Waals surface area (Å²) in [5, 5.41) is 2.96. The Kier molecular flexibility index (Phi) is 4.79. The highest BCUT2D eigenvalue weighted by atomic mass is 15.2. The third kappa shape index (κ3) is 3.25. The normalized spacial score (nSPS) is 24.6. The first-order valence-corrected chi connectivity index (χ1v) is 13.4. The third-order valence-corrected chi connectivity index (χ3v) is 9.50. The molecular weight excluding hydrogens is 400 g/mol. The number of anilines is 1. The number of benzene rings is 3. The lowest BCUT2D eigenvalue weighted by molar-refractivity contribution is 0.121. The zero-order chi connectivity index (χ0) is 21.8. The summed E-state index contributed by atoms with van der Waals surface area (Å²) in [7, 11) is 0. The van der Waals surface area contributed by atoms with E-state index in [1.54, 1.807) is 22.4 Å². The Morgan fingerprint density at radius 3 is 2.45 bits per heavy atom. The van der Waals surface area contributed by atoms with Crippen molar-refractivity contribution in [3.8, 4) is 0 Å². The van der Waals surface area contributed by atoms with Crippen molar-refractivity contribution in [3.63, 3.8) is 0 Å². The van der Waals surface area contributed by atoms with Crippen LogP contribution in [-0.4, -0.2) is 31.1 Å². The molecule has 0 N–H and O–H groups in total. The first kappa shape index (κ1) is 20.1. The maximum absolute atomic E-state index is 2.81. The van der Waals surface area contributed by atoms with Crippen LogP contribution in [0.25, 0.3) is 10.8 Å². The van der Waals surface area contributed by atoms with Gasteiger partial charge in [0.15, 0.2) is 0 Å². The number of piperidine rings is 1. The van der Waals surface area contributed by atoms with Crippen LogP contribution in [0.5, 0.6) is 0 Å². The average Bonchev–Trinajstić information content (AvgIpc) is 3.39. The van der Waals surface area contributed by atoms with E-state index >= 15 is 0 Å². The average molecular weight is 437 g/mol. The summed E-state index contributed by atoms with van der Waals surface area (Å²) in [5.41, 5.74) is 6.69. The molecule has 2 nitrogen and oxygen atoms in total. The molecule has 0 radical (unpaired) electrons. The van der Waals surface area contributed by atoms with Crippen molar-refractivity contribution >= 4 is 16.5 Å². The van der Waals surface area contributed by atoms with Gasteiger partial charge in [0.05, 0.1) is 0 Å². The SMILES string of the molecule is c1ccc2c(c1)N(CC1CCCCC1)CC21CCN(C2Cc3cccc4cccc2c34)CC1. The van der Waals surface area contributed by atoms with Gasteiger partial charge in [0.2, 0.25) is 0 Å². The van der Waals surface area contributed by atoms with Gasteiger partial charge in [0, 0.05) is 30.2 Å². The van der Waals surface area contributed by atoms with Gasteiger partial charge in [-0.3, -0.25) is 4.90 Å². The first-order chi connectivity index (χ1) is 16.3. The molecule has 0 amide bonds. The fraction of sp³-hybridized carbons (Fsp3) is 0.484. The van der Waals surface area contributed by atoms with Crippen LogP contribution < -0.4 is 4.90 Å². The zero-order valence-corrected chi connectivity index (χ0v) is 19.8. The van der Waals surface area contributed by atoms with Crippen LogP contribution in [0.2, 0.25) is 0 Å². The van der Waals surface area contributed by atoms with E-state index in [0.29, 0.717) is 11.5 Å². The van der Waals surface area contributed by atoms with Crippen LogP contribution in [0.3, 0.4) is 0 Å². The third-order valence-electron chi connectivity index (χ3n) is 9.50. The van der Waals surface area contributed by atoms with E-state index in [4.69, 9.17) is 0 Å². The molecule has 2 heteroatoms. The van der Waals surface area contributed by atoms with Crippen molar-refractivity contribution in [2.75, 3.05) is 31.1 Å². The van der Waals surface area contributed by atoms with Crippen LogP contribution in [0.15, 0.2) is 60.7 Å². The molecule has 1 atom stereocenters. The number of fused-ring (bicyclic) bond motifs is 2.